The SMILES string of the molecule is CC(C)CCC1CN(c2cccc(C(F)(F)F)c2)CCN1. The normalized spacial score (nSPS) is 20.1. The first kappa shape index (κ1) is 16.1. The van der Waals surface area contributed by atoms with Crippen LogP contribution in [0.1, 0.15) is 32.3 Å². The molecule has 0 spiro atoms. The van der Waals surface area contributed by atoms with Gasteiger partial charge in [0.25, 0.3) is 0 Å². The Morgan fingerprint density at radius 2 is 2.10 bits per heavy atom. The van der Waals surface area contributed by atoms with Crippen molar-refractivity contribution < 1.29 is 13.2 Å². The topological polar surface area (TPSA) is 15.3 Å². The lowest BCUT2D eigenvalue weighted by Crippen LogP contribution is -2.50. The summed E-state index contributed by atoms with van der Waals surface area (Å²) in [4.78, 5) is 2.05. The summed E-state index contributed by atoms with van der Waals surface area (Å²) < 4.78 is 38.4. The van der Waals surface area contributed by atoms with Gasteiger partial charge in [-0.25, -0.2) is 0 Å². The fraction of sp³-hybridized carbons (Fsp3) is 0.625. The molecular weight excluding hydrogens is 277 g/mol. The van der Waals surface area contributed by atoms with Crippen LogP contribution < -0.4 is 10.2 Å². The molecule has 0 aliphatic carbocycles. The minimum Gasteiger partial charge on any atom is -0.369 e. The molecule has 5 heteroatoms. The predicted molar refractivity (Wildman–Crippen MR) is 79.5 cm³/mol. The van der Waals surface area contributed by atoms with Gasteiger partial charge in [-0.3, -0.25) is 0 Å². The molecule has 2 nitrogen and oxygen atoms in total. The molecule has 1 unspecified atom stereocenters. The zero-order valence-electron chi connectivity index (χ0n) is 12.6. The minimum absolute atomic E-state index is 0.357. The Labute approximate surface area is 124 Å². The molecule has 21 heavy (non-hydrogen) atoms. The molecule has 0 bridgehead atoms. The van der Waals surface area contributed by atoms with Gasteiger partial charge in [0, 0.05) is 31.4 Å². The molecule has 1 aliphatic heterocycles. The molecule has 1 fully saturated rings. The Morgan fingerprint density at radius 3 is 2.76 bits per heavy atom. The average Bonchev–Trinajstić information content (AvgIpc) is 2.45. The van der Waals surface area contributed by atoms with E-state index in [2.05, 4.69) is 24.1 Å². The maximum absolute atomic E-state index is 12.8. The highest BCUT2D eigenvalue weighted by Crippen LogP contribution is 2.32. The Balaban J connectivity index is 2.04. The number of nitrogens with one attached hydrogen (secondary N) is 1. The van der Waals surface area contributed by atoms with Crippen LogP contribution in [-0.2, 0) is 6.18 Å². The number of piperazine rings is 1. The quantitative estimate of drug-likeness (QED) is 0.906. The van der Waals surface area contributed by atoms with E-state index in [9.17, 15) is 13.2 Å². The molecule has 0 radical (unpaired) electrons. The Morgan fingerprint density at radius 1 is 1.33 bits per heavy atom. The molecule has 1 saturated heterocycles. The molecule has 1 heterocycles. The molecule has 1 atom stereocenters. The van der Waals surface area contributed by atoms with Crippen molar-refractivity contribution in [3.63, 3.8) is 0 Å². The molecule has 118 valence electrons. The molecule has 1 aliphatic rings. The number of benzene rings is 1. The lowest BCUT2D eigenvalue weighted by Gasteiger charge is -2.36. The van der Waals surface area contributed by atoms with Gasteiger partial charge in [0.15, 0.2) is 0 Å². The number of hydrogen-bond acceptors (Lipinski definition) is 2. The van der Waals surface area contributed by atoms with E-state index in [1.165, 1.54) is 12.1 Å². The van der Waals surface area contributed by atoms with E-state index in [-0.39, 0.29) is 0 Å². The van der Waals surface area contributed by atoms with Crippen LogP contribution in [0.4, 0.5) is 18.9 Å². The molecule has 1 aromatic rings. The van der Waals surface area contributed by atoms with Crippen molar-refractivity contribution >= 4 is 5.69 Å². The van der Waals surface area contributed by atoms with Crippen LogP contribution in [0.5, 0.6) is 0 Å². The first-order valence-electron chi connectivity index (χ1n) is 7.52. The van der Waals surface area contributed by atoms with Gasteiger partial charge in [0.1, 0.15) is 0 Å². The van der Waals surface area contributed by atoms with Crippen molar-refractivity contribution in [3.05, 3.63) is 29.8 Å². The van der Waals surface area contributed by atoms with E-state index in [1.54, 1.807) is 6.07 Å². The number of halogens is 3. The molecule has 0 aromatic heterocycles. The Kier molecular flexibility index (Phi) is 5.14. The fourth-order valence-corrected chi connectivity index (χ4v) is 2.67. The van der Waals surface area contributed by atoms with E-state index in [1.807, 2.05) is 0 Å². The highest BCUT2D eigenvalue weighted by atomic mass is 19.4. The average molecular weight is 300 g/mol. The summed E-state index contributed by atoms with van der Waals surface area (Å²) in [5, 5.41) is 3.46. The van der Waals surface area contributed by atoms with E-state index in [4.69, 9.17) is 0 Å². The van der Waals surface area contributed by atoms with Crippen LogP contribution in [0, 0.1) is 5.92 Å². The van der Waals surface area contributed by atoms with Crippen LogP contribution in [0.15, 0.2) is 24.3 Å². The smallest absolute Gasteiger partial charge is 0.369 e. The molecule has 0 amide bonds. The van der Waals surface area contributed by atoms with Crippen molar-refractivity contribution in [1.82, 2.24) is 5.32 Å². The second-order valence-electron chi connectivity index (χ2n) is 6.12. The van der Waals surface area contributed by atoms with Gasteiger partial charge < -0.3 is 10.2 Å². The predicted octanol–water partition coefficient (Wildman–Crippen LogP) is 3.92. The third-order valence-electron chi connectivity index (χ3n) is 3.89. The zero-order valence-corrected chi connectivity index (χ0v) is 12.6. The third kappa shape index (κ3) is 4.63. The molecule has 0 saturated carbocycles. The third-order valence-corrected chi connectivity index (χ3v) is 3.89. The summed E-state index contributed by atoms with van der Waals surface area (Å²) in [6, 6.07) is 5.99. The van der Waals surface area contributed by atoms with Gasteiger partial charge in [0.2, 0.25) is 0 Å². The highest BCUT2D eigenvalue weighted by molar-refractivity contribution is 5.49. The molecule has 2 rings (SSSR count). The largest absolute Gasteiger partial charge is 0.416 e. The molecule has 1 N–H and O–H groups in total. The lowest BCUT2D eigenvalue weighted by molar-refractivity contribution is -0.137. The van der Waals surface area contributed by atoms with E-state index in [0.29, 0.717) is 17.6 Å². The van der Waals surface area contributed by atoms with Gasteiger partial charge in [-0.1, -0.05) is 19.9 Å². The minimum atomic E-state index is -4.28. The van der Waals surface area contributed by atoms with Gasteiger partial charge >= 0.3 is 6.18 Å². The van der Waals surface area contributed by atoms with E-state index < -0.39 is 11.7 Å². The van der Waals surface area contributed by atoms with E-state index in [0.717, 1.165) is 38.5 Å². The van der Waals surface area contributed by atoms with Crippen molar-refractivity contribution in [1.29, 1.82) is 0 Å². The number of rotatable bonds is 4. The maximum Gasteiger partial charge on any atom is 0.416 e. The highest BCUT2D eigenvalue weighted by Gasteiger charge is 2.31. The summed E-state index contributed by atoms with van der Waals surface area (Å²) in [5.41, 5.74) is 0.0955. The number of hydrogen-bond donors (Lipinski definition) is 1. The van der Waals surface area contributed by atoms with Gasteiger partial charge in [-0.15, -0.1) is 0 Å². The number of nitrogens with zero attached hydrogens (tertiary/aromatic N) is 1. The summed E-state index contributed by atoms with van der Waals surface area (Å²) in [7, 11) is 0. The Hall–Kier alpha value is -1.23. The van der Waals surface area contributed by atoms with Crippen molar-refractivity contribution in [3.8, 4) is 0 Å². The van der Waals surface area contributed by atoms with Crippen LogP contribution >= 0.6 is 0 Å². The fourth-order valence-electron chi connectivity index (χ4n) is 2.67. The van der Waals surface area contributed by atoms with Gasteiger partial charge in [0.05, 0.1) is 5.56 Å². The van der Waals surface area contributed by atoms with Crippen molar-refractivity contribution in [2.45, 2.75) is 38.9 Å². The van der Waals surface area contributed by atoms with Crippen LogP contribution in [-0.4, -0.2) is 25.7 Å². The standard InChI is InChI=1S/C16H23F3N2/c1-12(2)6-7-14-11-21(9-8-20-14)15-5-3-4-13(10-15)16(17,18)19/h3-5,10,12,14,20H,6-9,11H2,1-2H3. The summed E-state index contributed by atoms with van der Waals surface area (Å²) in [6.45, 7) is 6.72. The Bertz CT molecular complexity index is 457. The lowest BCUT2D eigenvalue weighted by atomic mass is 10.0. The molecular formula is C16H23F3N2. The van der Waals surface area contributed by atoms with Gasteiger partial charge in [-0.05, 0) is 37.0 Å². The first-order chi connectivity index (χ1) is 9.86. The monoisotopic (exact) mass is 300 g/mol. The zero-order chi connectivity index (χ0) is 15.5. The maximum atomic E-state index is 12.8. The van der Waals surface area contributed by atoms with E-state index >= 15 is 0 Å². The van der Waals surface area contributed by atoms with Crippen LogP contribution in [0.2, 0.25) is 0 Å². The van der Waals surface area contributed by atoms with Crippen molar-refractivity contribution in [2.75, 3.05) is 24.5 Å². The summed E-state index contributed by atoms with van der Waals surface area (Å²) in [6.07, 6.45) is -2.08. The first-order valence-corrected chi connectivity index (χ1v) is 7.52. The van der Waals surface area contributed by atoms with Crippen molar-refractivity contribution in [2.24, 2.45) is 5.92 Å². The van der Waals surface area contributed by atoms with Crippen LogP contribution in [0.3, 0.4) is 0 Å². The second-order valence-corrected chi connectivity index (χ2v) is 6.12. The van der Waals surface area contributed by atoms with Gasteiger partial charge in [-0.2, -0.15) is 13.2 Å². The second kappa shape index (κ2) is 6.69. The summed E-state index contributed by atoms with van der Waals surface area (Å²) in [5.74, 6) is 0.649. The molecule has 1 aromatic carbocycles. The summed E-state index contributed by atoms with van der Waals surface area (Å²) >= 11 is 0. The number of alkyl halides is 3. The van der Waals surface area contributed by atoms with Crippen LogP contribution in [0.25, 0.3) is 0 Å². The number of anilines is 1.